The standard InChI is InChI=1S/C20H32N4O3/c25-19(17-12-21-22-18(17)16-6-2-1-3-7-16)24-10-11-27-15-20(26,14-24)13-23-8-4-5-9-23/h12,16,26H,1-11,13-15H2,(H,21,22)/t20-/m0/s1. The lowest BCUT2D eigenvalue weighted by Crippen LogP contribution is -2.53. The highest BCUT2D eigenvalue weighted by Gasteiger charge is 2.38. The zero-order valence-corrected chi connectivity index (χ0v) is 16.2. The molecule has 3 fully saturated rings. The predicted molar refractivity (Wildman–Crippen MR) is 102 cm³/mol. The number of aromatic nitrogens is 2. The topological polar surface area (TPSA) is 81.7 Å². The summed E-state index contributed by atoms with van der Waals surface area (Å²) in [7, 11) is 0. The van der Waals surface area contributed by atoms with E-state index in [-0.39, 0.29) is 12.5 Å². The molecule has 0 aromatic carbocycles. The van der Waals surface area contributed by atoms with Gasteiger partial charge in [-0.25, -0.2) is 0 Å². The van der Waals surface area contributed by atoms with Crippen molar-refractivity contribution in [2.24, 2.45) is 0 Å². The van der Waals surface area contributed by atoms with Gasteiger partial charge in [-0.15, -0.1) is 0 Å². The highest BCUT2D eigenvalue weighted by molar-refractivity contribution is 5.95. The summed E-state index contributed by atoms with van der Waals surface area (Å²) in [4.78, 5) is 17.3. The van der Waals surface area contributed by atoms with Crippen LogP contribution in [0.15, 0.2) is 6.20 Å². The number of carbonyl (C=O) groups excluding carboxylic acids is 1. The smallest absolute Gasteiger partial charge is 0.257 e. The Kier molecular flexibility index (Phi) is 5.80. The van der Waals surface area contributed by atoms with E-state index in [0.29, 0.717) is 37.7 Å². The second-order valence-electron chi connectivity index (χ2n) is 8.52. The average molecular weight is 377 g/mol. The van der Waals surface area contributed by atoms with Crippen LogP contribution in [0.4, 0.5) is 0 Å². The van der Waals surface area contributed by atoms with Crippen LogP contribution in [0.1, 0.15) is 66.9 Å². The molecule has 3 aliphatic rings. The number of nitrogens with one attached hydrogen (secondary N) is 1. The molecule has 7 heteroatoms. The number of aliphatic hydroxyl groups is 1. The first-order valence-electron chi connectivity index (χ1n) is 10.5. The molecular weight excluding hydrogens is 344 g/mol. The molecule has 150 valence electrons. The van der Waals surface area contributed by atoms with Crippen LogP contribution in [0, 0.1) is 0 Å². The first kappa shape index (κ1) is 18.9. The molecule has 27 heavy (non-hydrogen) atoms. The molecule has 3 heterocycles. The molecule has 1 aromatic rings. The summed E-state index contributed by atoms with van der Waals surface area (Å²) < 4.78 is 5.67. The molecule has 2 saturated heterocycles. The van der Waals surface area contributed by atoms with Gasteiger partial charge in [0.2, 0.25) is 0 Å². The fourth-order valence-corrected chi connectivity index (χ4v) is 4.88. The first-order chi connectivity index (χ1) is 13.1. The van der Waals surface area contributed by atoms with Crippen LogP contribution in [0.5, 0.6) is 0 Å². The highest BCUT2D eigenvalue weighted by atomic mass is 16.5. The van der Waals surface area contributed by atoms with Crippen LogP contribution in [0.25, 0.3) is 0 Å². The Bertz CT molecular complexity index is 637. The predicted octanol–water partition coefficient (Wildman–Crippen LogP) is 1.76. The van der Waals surface area contributed by atoms with Crippen molar-refractivity contribution >= 4 is 5.91 Å². The first-order valence-corrected chi connectivity index (χ1v) is 10.5. The van der Waals surface area contributed by atoms with E-state index in [1.807, 2.05) is 0 Å². The summed E-state index contributed by atoms with van der Waals surface area (Å²) >= 11 is 0. The molecule has 0 radical (unpaired) electrons. The highest BCUT2D eigenvalue weighted by Crippen LogP contribution is 2.33. The van der Waals surface area contributed by atoms with Gasteiger partial charge in [-0.1, -0.05) is 19.3 Å². The van der Waals surface area contributed by atoms with Gasteiger partial charge in [-0.3, -0.25) is 9.89 Å². The SMILES string of the molecule is O=C(c1cn[nH]c1C1CCCCC1)N1CCOC[C@](O)(CN2CCCC2)C1. The third-order valence-electron chi connectivity index (χ3n) is 6.28. The van der Waals surface area contributed by atoms with Gasteiger partial charge >= 0.3 is 0 Å². The second-order valence-corrected chi connectivity index (χ2v) is 8.52. The molecule has 2 N–H and O–H groups in total. The van der Waals surface area contributed by atoms with E-state index in [1.165, 1.54) is 32.1 Å². The lowest BCUT2D eigenvalue weighted by molar-refractivity contribution is -0.0524. The number of β-amino-alcohol motifs (C(OH)–C–C–N with tert-alkyl or cyclic N) is 1. The van der Waals surface area contributed by atoms with Crippen molar-refractivity contribution in [3.05, 3.63) is 17.5 Å². The fourth-order valence-electron chi connectivity index (χ4n) is 4.88. The number of hydrogen-bond acceptors (Lipinski definition) is 5. The number of aromatic amines is 1. The van der Waals surface area contributed by atoms with E-state index in [9.17, 15) is 9.90 Å². The van der Waals surface area contributed by atoms with Gasteiger partial charge in [0, 0.05) is 19.0 Å². The fraction of sp³-hybridized carbons (Fsp3) is 0.800. The van der Waals surface area contributed by atoms with Gasteiger partial charge in [-0.2, -0.15) is 5.10 Å². The maximum absolute atomic E-state index is 13.3. The van der Waals surface area contributed by atoms with Crippen LogP contribution < -0.4 is 0 Å². The lowest BCUT2D eigenvalue weighted by atomic mass is 9.85. The van der Waals surface area contributed by atoms with Gasteiger partial charge in [0.15, 0.2) is 0 Å². The zero-order valence-electron chi connectivity index (χ0n) is 16.2. The monoisotopic (exact) mass is 376 g/mol. The number of H-pyrrole nitrogens is 1. The van der Waals surface area contributed by atoms with Gasteiger partial charge in [-0.05, 0) is 38.8 Å². The Hall–Kier alpha value is -1.44. The van der Waals surface area contributed by atoms with Gasteiger partial charge in [0.05, 0.1) is 37.2 Å². The molecule has 1 saturated carbocycles. The van der Waals surface area contributed by atoms with E-state index < -0.39 is 5.60 Å². The van der Waals surface area contributed by atoms with Crippen molar-refractivity contribution < 1.29 is 14.6 Å². The molecule has 1 aliphatic carbocycles. The van der Waals surface area contributed by atoms with Gasteiger partial charge < -0.3 is 19.6 Å². The molecule has 1 amide bonds. The number of ether oxygens (including phenoxy) is 1. The molecule has 0 unspecified atom stereocenters. The number of rotatable bonds is 4. The van der Waals surface area contributed by atoms with Crippen molar-refractivity contribution in [3.63, 3.8) is 0 Å². The minimum atomic E-state index is -1.01. The normalized spacial score (nSPS) is 28.4. The number of hydrogen-bond donors (Lipinski definition) is 2. The largest absolute Gasteiger partial charge is 0.384 e. The summed E-state index contributed by atoms with van der Waals surface area (Å²) in [6, 6.07) is 0. The van der Waals surface area contributed by atoms with Gasteiger partial charge in [0.25, 0.3) is 5.91 Å². The Balaban J connectivity index is 1.48. The van der Waals surface area contributed by atoms with E-state index in [0.717, 1.165) is 31.6 Å². The van der Waals surface area contributed by atoms with Crippen molar-refractivity contribution in [1.82, 2.24) is 20.0 Å². The van der Waals surface area contributed by atoms with Crippen LogP contribution in [-0.4, -0.2) is 82.5 Å². The van der Waals surface area contributed by atoms with Crippen LogP contribution in [-0.2, 0) is 4.74 Å². The van der Waals surface area contributed by atoms with Crippen molar-refractivity contribution in [3.8, 4) is 0 Å². The molecular formula is C20H32N4O3. The summed E-state index contributed by atoms with van der Waals surface area (Å²) in [5.41, 5.74) is 0.644. The number of amides is 1. The summed E-state index contributed by atoms with van der Waals surface area (Å²) in [5.74, 6) is 0.363. The summed E-state index contributed by atoms with van der Waals surface area (Å²) in [6.45, 7) is 4.18. The van der Waals surface area contributed by atoms with E-state index in [2.05, 4.69) is 15.1 Å². The molecule has 2 aliphatic heterocycles. The summed E-state index contributed by atoms with van der Waals surface area (Å²) in [5, 5.41) is 18.4. The molecule has 1 atom stereocenters. The van der Waals surface area contributed by atoms with Crippen LogP contribution >= 0.6 is 0 Å². The van der Waals surface area contributed by atoms with Gasteiger partial charge in [0.1, 0.15) is 5.60 Å². The van der Waals surface area contributed by atoms with E-state index in [4.69, 9.17) is 4.74 Å². The van der Waals surface area contributed by atoms with Crippen LogP contribution in [0.2, 0.25) is 0 Å². The molecule has 7 nitrogen and oxygen atoms in total. The minimum absolute atomic E-state index is 0.0327. The Morgan fingerprint density at radius 2 is 2.00 bits per heavy atom. The van der Waals surface area contributed by atoms with Crippen molar-refractivity contribution in [1.29, 1.82) is 0 Å². The Morgan fingerprint density at radius 3 is 2.78 bits per heavy atom. The molecule has 4 rings (SSSR count). The van der Waals surface area contributed by atoms with Crippen molar-refractivity contribution in [2.45, 2.75) is 56.5 Å². The Morgan fingerprint density at radius 1 is 1.22 bits per heavy atom. The lowest BCUT2D eigenvalue weighted by Gasteiger charge is -2.34. The maximum atomic E-state index is 13.3. The average Bonchev–Trinajstić information content (AvgIpc) is 3.32. The van der Waals surface area contributed by atoms with E-state index in [1.54, 1.807) is 11.1 Å². The molecule has 1 aromatic heterocycles. The third kappa shape index (κ3) is 4.36. The van der Waals surface area contributed by atoms with Crippen molar-refractivity contribution in [2.75, 3.05) is 45.9 Å². The maximum Gasteiger partial charge on any atom is 0.257 e. The number of likely N-dealkylation sites (tertiary alicyclic amines) is 1. The quantitative estimate of drug-likeness (QED) is 0.837. The molecule has 0 spiro atoms. The second kappa shape index (κ2) is 8.29. The van der Waals surface area contributed by atoms with Crippen LogP contribution in [0.3, 0.4) is 0 Å². The molecule has 0 bridgehead atoms. The Labute approximate surface area is 161 Å². The summed E-state index contributed by atoms with van der Waals surface area (Å²) in [6.07, 6.45) is 9.96. The number of carbonyl (C=O) groups is 1. The zero-order chi connectivity index (χ0) is 18.7. The third-order valence-corrected chi connectivity index (χ3v) is 6.28. The number of nitrogens with zero attached hydrogens (tertiary/aromatic N) is 3. The van der Waals surface area contributed by atoms with E-state index >= 15 is 0 Å². The minimum Gasteiger partial charge on any atom is -0.384 e.